The summed E-state index contributed by atoms with van der Waals surface area (Å²) in [5.41, 5.74) is 0.877. The highest BCUT2D eigenvalue weighted by atomic mass is 35.5. The van der Waals surface area contributed by atoms with Crippen LogP contribution in [0.3, 0.4) is 0 Å². The number of rotatable bonds is 5. The van der Waals surface area contributed by atoms with Gasteiger partial charge >= 0.3 is 6.03 Å². The van der Waals surface area contributed by atoms with Crippen LogP contribution in [0.15, 0.2) is 42.5 Å². The summed E-state index contributed by atoms with van der Waals surface area (Å²) < 4.78 is 18.4. The molecule has 1 heterocycles. The van der Waals surface area contributed by atoms with Crippen LogP contribution in [0.4, 0.5) is 14.9 Å². The third kappa shape index (κ3) is 5.21. The van der Waals surface area contributed by atoms with Crippen molar-refractivity contribution in [2.45, 2.75) is 26.3 Å². The lowest BCUT2D eigenvalue weighted by molar-refractivity contribution is -0.132. The molecule has 6 nitrogen and oxygen atoms in total. The smallest absolute Gasteiger partial charge is 0.321 e. The van der Waals surface area contributed by atoms with Crippen molar-refractivity contribution < 1.29 is 18.7 Å². The summed E-state index contributed by atoms with van der Waals surface area (Å²) in [6.45, 7) is 3.26. The number of likely N-dealkylation sites (tertiary alicyclic amines) is 1. The third-order valence-electron chi connectivity index (χ3n) is 5.49. The van der Waals surface area contributed by atoms with Gasteiger partial charge < -0.3 is 20.3 Å². The molecular formula is C22H25ClFN3O3. The van der Waals surface area contributed by atoms with Crippen LogP contribution in [0.2, 0.25) is 5.02 Å². The van der Waals surface area contributed by atoms with Crippen LogP contribution in [0.25, 0.3) is 0 Å². The number of amides is 3. The van der Waals surface area contributed by atoms with Crippen molar-refractivity contribution in [3.8, 4) is 5.75 Å². The Hall–Kier alpha value is -2.80. The van der Waals surface area contributed by atoms with E-state index in [2.05, 4.69) is 10.6 Å². The summed E-state index contributed by atoms with van der Waals surface area (Å²) >= 11 is 5.75. The Morgan fingerprint density at radius 3 is 2.43 bits per heavy atom. The summed E-state index contributed by atoms with van der Waals surface area (Å²) in [5, 5.41) is 5.66. The molecule has 2 aromatic rings. The van der Waals surface area contributed by atoms with Gasteiger partial charge in [-0.3, -0.25) is 4.79 Å². The Labute approximate surface area is 180 Å². The molecule has 0 atom stereocenters. The van der Waals surface area contributed by atoms with E-state index in [0.717, 1.165) is 11.3 Å². The van der Waals surface area contributed by atoms with Crippen LogP contribution in [0.1, 0.15) is 25.3 Å². The Morgan fingerprint density at radius 2 is 1.83 bits per heavy atom. The van der Waals surface area contributed by atoms with E-state index < -0.39 is 11.2 Å². The number of anilines is 1. The maximum Gasteiger partial charge on any atom is 0.321 e. The second-order valence-corrected chi connectivity index (χ2v) is 8.04. The molecule has 0 aromatic heterocycles. The molecule has 160 valence electrons. The number of piperidine rings is 1. The van der Waals surface area contributed by atoms with E-state index in [-0.39, 0.29) is 17.0 Å². The number of methoxy groups -OCH3 is 1. The van der Waals surface area contributed by atoms with Crippen LogP contribution in [-0.4, -0.2) is 37.0 Å². The minimum atomic E-state index is -0.539. The molecule has 3 amide bonds. The van der Waals surface area contributed by atoms with Crippen molar-refractivity contribution in [3.63, 3.8) is 0 Å². The first-order chi connectivity index (χ1) is 14.3. The Morgan fingerprint density at radius 1 is 1.17 bits per heavy atom. The van der Waals surface area contributed by atoms with E-state index in [1.54, 1.807) is 12.0 Å². The molecule has 0 radical (unpaired) electrons. The predicted molar refractivity (Wildman–Crippen MR) is 114 cm³/mol. The molecule has 2 aromatic carbocycles. The molecule has 0 saturated carbocycles. The molecule has 0 bridgehead atoms. The van der Waals surface area contributed by atoms with Gasteiger partial charge in [-0.2, -0.15) is 0 Å². The third-order valence-corrected chi connectivity index (χ3v) is 5.78. The largest absolute Gasteiger partial charge is 0.497 e. The molecule has 1 saturated heterocycles. The predicted octanol–water partition coefficient (Wildman–Crippen LogP) is 4.44. The van der Waals surface area contributed by atoms with E-state index in [0.29, 0.717) is 38.2 Å². The van der Waals surface area contributed by atoms with Gasteiger partial charge in [0.2, 0.25) is 5.91 Å². The van der Waals surface area contributed by atoms with Crippen molar-refractivity contribution in [2.75, 3.05) is 25.5 Å². The van der Waals surface area contributed by atoms with Crippen molar-refractivity contribution in [1.29, 1.82) is 0 Å². The molecule has 1 fully saturated rings. The zero-order chi connectivity index (χ0) is 21.7. The van der Waals surface area contributed by atoms with Gasteiger partial charge in [-0.15, -0.1) is 0 Å². The molecule has 0 aliphatic carbocycles. The monoisotopic (exact) mass is 433 g/mol. The Bertz CT molecular complexity index is 912. The SMILES string of the molecule is COc1ccc(CNC(=O)C2(C)CCN(C(=O)Nc3ccc(F)c(Cl)c3)CC2)cc1. The van der Waals surface area contributed by atoms with E-state index >= 15 is 0 Å². The van der Waals surface area contributed by atoms with Crippen molar-refractivity contribution >= 4 is 29.2 Å². The van der Waals surface area contributed by atoms with E-state index in [1.165, 1.54) is 18.2 Å². The van der Waals surface area contributed by atoms with Crippen molar-refractivity contribution in [1.82, 2.24) is 10.2 Å². The van der Waals surface area contributed by atoms with Gasteiger partial charge in [0, 0.05) is 30.7 Å². The Kier molecular flexibility index (Phi) is 6.82. The molecule has 8 heteroatoms. The highest BCUT2D eigenvalue weighted by Gasteiger charge is 2.38. The van der Waals surface area contributed by atoms with E-state index in [1.807, 2.05) is 31.2 Å². The van der Waals surface area contributed by atoms with Crippen LogP contribution < -0.4 is 15.4 Å². The summed E-state index contributed by atoms with van der Waals surface area (Å²) in [6.07, 6.45) is 1.11. The second-order valence-electron chi connectivity index (χ2n) is 7.64. The maximum absolute atomic E-state index is 13.3. The number of carbonyl (C=O) groups excluding carboxylic acids is 2. The number of nitrogens with zero attached hydrogens (tertiary/aromatic N) is 1. The molecule has 2 N–H and O–H groups in total. The first-order valence-electron chi connectivity index (χ1n) is 9.73. The van der Waals surface area contributed by atoms with Gasteiger partial charge in [-0.25, -0.2) is 9.18 Å². The van der Waals surface area contributed by atoms with Crippen molar-refractivity contribution in [3.05, 3.63) is 58.9 Å². The zero-order valence-corrected chi connectivity index (χ0v) is 17.8. The fourth-order valence-corrected chi connectivity index (χ4v) is 3.53. The quantitative estimate of drug-likeness (QED) is 0.732. The maximum atomic E-state index is 13.3. The van der Waals surface area contributed by atoms with Gasteiger partial charge in [0.05, 0.1) is 12.1 Å². The number of urea groups is 1. The number of benzene rings is 2. The van der Waals surface area contributed by atoms with Crippen molar-refractivity contribution in [2.24, 2.45) is 5.41 Å². The number of carbonyl (C=O) groups is 2. The molecule has 0 spiro atoms. The van der Waals surface area contributed by atoms with Crippen LogP contribution in [-0.2, 0) is 11.3 Å². The number of nitrogens with one attached hydrogen (secondary N) is 2. The van der Waals surface area contributed by atoms with Gasteiger partial charge in [0.1, 0.15) is 11.6 Å². The number of hydrogen-bond donors (Lipinski definition) is 2. The first-order valence-corrected chi connectivity index (χ1v) is 10.1. The highest BCUT2D eigenvalue weighted by molar-refractivity contribution is 6.31. The molecule has 30 heavy (non-hydrogen) atoms. The number of hydrogen-bond acceptors (Lipinski definition) is 3. The topological polar surface area (TPSA) is 70.7 Å². The average molecular weight is 434 g/mol. The molecular weight excluding hydrogens is 409 g/mol. The Balaban J connectivity index is 1.50. The zero-order valence-electron chi connectivity index (χ0n) is 17.0. The minimum Gasteiger partial charge on any atom is -0.497 e. The van der Waals surface area contributed by atoms with Crippen LogP contribution in [0, 0.1) is 11.2 Å². The number of halogens is 2. The lowest BCUT2D eigenvalue weighted by Crippen LogP contribution is -2.49. The normalized spacial score (nSPS) is 15.4. The van der Waals surface area contributed by atoms with E-state index in [9.17, 15) is 14.0 Å². The standard InChI is InChI=1S/C22H25ClFN3O3/c1-22(20(28)25-14-15-3-6-17(30-2)7-4-15)9-11-27(12-10-22)21(29)26-16-5-8-19(24)18(23)13-16/h3-8,13H,9-12,14H2,1-2H3,(H,25,28)(H,26,29). The lowest BCUT2D eigenvalue weighted by Gasteiger charge is -2.38. The average Bonchev–Trinajstić information content (AvgIpc) is 2.75. The molecule has 3 rings (SSSR count). The van der Waals surface area contributed by atoms with E-state index in [4.69, 9.17) is 16.3 Å². The van der Waals surface area contributed by atoms with Crippen LogP contribution >= 0.6 is 11.6 Å². The first kappa shape index (κ1) is 21.9. The van der Waals surface area contributed by atoms with Gasteiger partial charge in [-0.1, -0.05) is 30.7 Å². The molecule has 1 aliphatic rings. The lowest BCUT2D eigenvalue weighted by atomic mass is 9.79. The van der Waals surface area contributed by atoms with Gasteiger partial charge in [-0.05, 0) is 48.7 Å². The second kappa shape index (κ2) is 9.34. The highest BCUT2D eigenvalue weighted by Crippen LogP contribution is 2.31. The summed E-state index contributed by atoms with van der Waals surface area (Å²) in [6, 6.07) is 11.3. The van der Waals surface area contributed by atoms with Gasteiger partial charge in [0.15, 0.2) is 0 Å². The van der Waals surface area contributed by atoms with Crippen LogP contribution in [0.5, 0.6) is 5.75 Å². The number of ether oxygens (including phenoxy) is 1. The minimum absolute atomic E-state index is 0.0244. The fourth-order valence-electron chi connectivity index (χ4n) is 3.35. The molecule has 0 unspecified atom stereocenters. The summed E-state index contributed by atoms with van der Waals surface area (Å²) in [7, 11) is 1.61. The fraction of sp³-hybridized carbons (Fsp3) is 0.364. The summed E-state index contributed by atoms with van der Waals surface area (Å²) in [5.74, 6) is 0.207. The molecule has 1 aliphatic heterocycles. The summed E-state index contributed by atoms with van der Waals surface area (Å²) in [4.78, 5) is 26.9. The van der Waals surface area contributed by atoms with Gasteiger partial charge in [0.25, 0.3) is 0 Å².